The molecular formula is C13H17NO3. The topological polar surface area (TPSA) is 58.6 Å². The Morgan fingerprint density at radius 1 is 1.59 bits per heavy atom. The zero-order chi connectivity index (χ0) is 12.3. The first-order chi connectivity index (χ1) is 8.20. The van der Waals surface area contributed by atoms with E-state index in [0.717, 1.165) is 17.7 Å². The van der Waals surface area contributed by atoms with E-state index < -0.39 is 0 Å². The van der Waals surface area contributed by atoms with E-state index >= 15 is 0 Å². The van der Waals surface area contributed by atoms with E-state index in [9.17, 15) is 4.79 Å². The van der Waals surface area contributed by atoms with Crippen molar-refractivity contribution in [2.24, 2.45) is 5.92 Å². The van der Waals surface area contributed by atoms with E-state index in [1.54, 1.807) is 6.07 Å². The molecule has 92 valence electrons. The highest BCUT2D eigenvalue weighted by Crippen LogP contribution is 2.22. The number of anilines is 1. The van der Waals surface area contributed by atoms with Gasteiger partial charge in [-0.1, -0.05) is 12.1 Å². The number of hydrogen-bond acceptors (Lipinski definition) is 3. The first kappa shape index (κ1) is 12.1. The number of amides is 1. The molecule has 0 radical (unpaired) electrons. The summed E-state index contributed by atoms with van der Waals surface area (Å²) in [7, 11) is 0. The molecule has 1 amide bonds. The maximum absolute atomic E-state index is 12.0. The van der Waals surface area contributed by atoms with Gasteiger partial charge in [0.25, 0.3) is 0 Å². The van der Waals surface area contributed by atoms with Crippen molar-refractivity contribution in [3.05, 3.63) is 29.8 Å². The van der Waals surface area contributed by atoms with Crippen molar-refractivity contribution in [1.82, 2.24) is 0 Å². The fraction of sp³-hybridized carbons (Fsp3) is 0.462. The molecule has 2 unspecified atom stereocenters. The molecular weight excluding hydrogens is 218 g/mol. The van der Waals surface area contributed by atoms with Crippen LogP contribution in [0.2, 0.25) is 0 Å². The minimum Gasteiger partial charge on any atom is -0.392 e. The number of hydrogen-bond donors (Lipinski definition) is 2. The number of ether oxygens (including phenoxy) is 1. The molecule has 2 atom stereocenters. The number of carbonyl (C=O) groups is 1. The van der Waals surface area contributed by atoms with Crippen molar-refractivity contribution in [2.75, 3.05) is 11.9 Å². The standard InChI is InChI=1S/C13H17NO3/c1-9-12(5-6-17-9)13(16)14-11-4-2-3-10(7-11)8-15/h2-4,7,9,12,15H,5-6,8H2,1H3,(H,14,16). The minimum atomic E-state index is -0.0761. The SMILES string of the molecule is CC1OCCC1C(=O)Nc1cccc(CO)c1. The molecule has 1 saturated heterocycles. The van der Waals surface area contributed by atoms with Crippen LogP contribution in [0.5, 0.6) is 0 Å². The summed E-state index contributed by atoms with van der Waals surface area (Å²) >= 11 is 0. The second-order valence-corrected chi connectivity index (χ2v) is 4.32. The van der Waals surface area contributed by atoms with Crippen LogP contribution in [-0.2, 0) is 16.1 Å². The molecule has 1 aliphatic heterocycles. The van der Waals surface area contributed by atoms with E-state index in [-0.39, 0.29) is 24.5 Å². The zero-order valence-electron chi connectivity index (χ0n) is 9.85. The smallest absolute Gasteiger partial charge is 0.230 e. The molecule has 1 aromatic carbocycles. The predicted octanol–water partition coefficient (Wildman–Crippen LogP) is 1.54. The van der Waals surface area contributed by atoms with Crippen LogP contribution in [0.1, 0.15) is 18.9 Å². The lowest BCUT2D eigenvalue weighted by Gasteiger charge is -2.14. The second-order valence-electron chi connectivity index (χ2n) is 4.32. The normalized spacial score (nSPS) is 23.6. The number of rotatable bonds is 3. The molecule has 4 nitrogen and oxygen atoms in total. The minimum absolute atomic E-state index is 0.00918. The number of nitrogens with one attached hydrogen (secondary N) is 1. The quantitative estimate of drug-likeness (QED) is 0.835. The van der Waals surface area contributed by atoms with Gasteiger partial charge in [-0.3, -0.25) is 4.79 Å². The molecule has 1 aromatic rings. The number of carbonyl (C=O) groups excluding carboxylic acids is 1. The van der Waals surface area contributed by atoms with Gasteiger partial charge in [-0.2, -0.15) is 0 Å². The van der Waals surface area contributed by atoms with Gasteiger partial charge in [0.15, 0.2) is 0 Å². The zero-order valence-corrected chi connectivity index (χ0v) is 9.85. The number of aliphatic hydroxyl groups excluding tert-OH is 1. The number of benzene rings is 1. The van der Waals surface area contributed by atoms with Crippen molar-refractivity contribution >= 4 is 11.6 Å². The molecule has 0 bridgehead atoms. The molecule has 1 heterocycles. The van der Waals surface area contributed by atoms with E-state index in [2.05, 4.69) is 5.32 Å². The first-order valence-corrected chi connectivity index (χ1v) is 5.83. The molecule has 0 saturated carbocycles. The van der Waals surface area contributed by atoms with Gasteiger partial charge in [0, 0.05) is 12.3 Å². The van der Waals surface area contributed by atoms with E-state index in [0.29, 0.717) is 6.61 Å². The number of aliphatic hydroxyl groups is 1. The summed E-state index contributed by atoms with van der Waals surface area (Å²) in [6.07, 6.45) is 0.753. The van der Waals surface area contributed by atoms with Crippen molar-refractivity contribution in [3.63, 3.8) is 0 Å². The molecule has 0 aromatic heterocycles. The summed E-state index contributed by atoms with van der Waals surface area (Å²) in [6.45, 7) is 2.55. The fourth-order valence-electron chi connectivity index (χ4n) is 2.06. The third-order valence-electron chi connectivity index (χ3n) is 3.09. The van der Waals surface area contributed by atoms with Crippen LogP contribution in [0, 0.1) is 5.92 Å². The van der Waals surface area contributed by atoms with Gasteiger partial charge in [-0.15, -0.1) is 0 Å². The summed E-state index contributed by atoms with van der Waals surface area (Å²) < 4.78 is 5.37. The Labute approximate surface area is 101 Å². The Morgan fingerprint density at radius 2 is 2.41 bits per heavy atom. The lowest BCUT2D eigenvalue weighted by molar-refractivity contribution is -0.121. The highest BCUT2D eigenvalue weighted by Gasteiger charge is 2.30. The summed E-state index contributed by atoms with van der Waals surface area (Å²) in [5.74, 6) is -0.0853. The summed E-state index contributed by atoms with van der Waals surface area (Å²) in [5, 5.41) is 11.9. The third kappa shape index (κ3) is 2.84. The average molecular weight is 235 g/mol. The molecule has 0 aliphatic carbocycles. The van der Waals surface area contributed by atoms with E-state index in [4.69, 9.17) is 9.84 Å². The lowest BCUT2D eigenvalue weighted by atomic mass is 10.0. The highest BCUT2D eigenvalue weighted by atomic mass is 16.5. The highest BCUT2D eigenvalue weighted by molar-refractivity contribution is 5.93. The van der Waals surface area contributed by atoms with Crippen LogP contribution < -0.4 is 5.32 Å². The van der Waals surface area contributed by atoms with Gasteiger partial charge in [0.2, 0.25) is 5.91 Å². The van der Waals surface area contributed by atoms with Crippen molar-refractivity contribution in [3.8, 4) is 0 Å². The van der Waals surface area contributed by atoms with Crippen molar-refractivity contribution in [1.29, 1.82) is 0 Å². The molecule has 1 fully saturated rings. The molecule has 2 rings (SSSR count). The maximum atomic E-state index is 12.0. The lowest BCUT2D eigenvalue weighted by Crippen LogP contribution is -2.27. The van der Waals surface area contributed by atoms with E-state index in [1.807, 2.05) is 25.1 Å². The van der Waals surface area contributed by atoms with Crippen LogP contribution in [0.15, 0.2) is 24.3 Å². The van der Waals surface area contributed by atoms with E-state index in [1.165, 1.54) is 0 Å². The first-order valence-electron chi connectivity index (χ1n) is 5.83. The summed E-state index contributed by atoms with van der Waals surface area (Å²) in [6, 6.07) is 7.22. The Balaban J connectivity index is 2.02. The molecule has 2 N–H and O–H groups in total. The fourth-order valence-corrected chi connectivity index (χ4v) is 2.06. The molecule has 4 heteroatoms. The molecule has 17 heavy (non-hydrogen) atoms. The van der Waals surface area contributed by atoms with Crippen LogP contribution in [-0.4, -0.2) is 23.7 Å². The third-order valence-corrected chi connectivity index (χ3v) is 3.09. The maximum Gasteiger partial charge on any atom is 0.230 e. The van der Waals surface area contributed by atoms with Crippen LogP contribution >= 0.6 is 0 Å². The van der Waals surface area contributed by atoms with Crippen LogP contribution in [0.25, 0.3) is 0 Å². The molecule has 0 spiro atoms. The largest absolute Gasteiger partial charge is 0.392 e. The van der Waals surface area contributed by atoms with Crippen LogP contribution in [0.4, 0.5) is 5.69 Å². The monoisotopic (exact) mass is 235 g/mol. The second kappa shape index (κ2) is 5.29. The van der Waals surface area contributed by atoms with Gasteiger partial charge in [-0.05, 0) is 31.0 Å². The van der Waals surface area contributed by atoms with Gasteiger partial charge in [0.1, 0.15) is 0 Å². The Kier molecular flexibility index (Phi) is 3.76. The van der Waals surface area contributed by atoms with Gasteiger partial charge >= 0.3 is 0 Å². The van der Waals surface area contributed by atoms with Gasteiger partial charge < -0.3 is 15.2 Å². The van der Waals surface area contributed by atoms with Crippen LogP contribution in [0.3, 0.4) is 0 Å². The van der Waals surface area contributed by atoms with Crippen molar-refractivity contribution in [2.45, 2.75) is 26.1 Å². The summed E-state index contributed by atoms with van der Waals surface area (Å²) in [4.78, 5) is 12.0. The molecule has 1 aliphatic rings. The average Bonchev–Trinajstić information content (AvgIpc) is 2.76. The Bertz CT molecular complexity index is 405. The van der Waals surface area contributed by atoms with Crippen molar-refractivity contribution < 1.29 is 14.6 Å². The Morgan fingerprint density at radius 3 is 3.06 bits per heavy atom. The van der Waals surface area contributed by atoms with Gasteiger partial charge in [0.05, 0.1) is 18.6 Å². The summed E-state index contributed by atoms with van der Waals surface area (Å²) in [5.41, 5.74) is 1.51. The van der Waals surface area contributed by atoms with Gasteiger partial charge in [-0.25, -0.2) is 0 Å². The Hall–Kier alpha value is -1.39. The predicted molar refractivity (Wildman–Crippen MR) is 64.5 cm³/mol.